The van der Waals surface area contributed by atoms with Gasteiger partial charge in [0.1, 0.15) is 5.75 Å². The predicted octanol–water partition coefficient (Wildman–Crippen LogP) is 4.83. The minimum atomic E-state index is -4.54. The average molecular weight is 403 g/mol. The molecule has 0 aliphatic carbocycles. The number of halogens is 3. The van der Waals surface area contributed by atoms with Gasteiger partial charge in [0.05, 0.1) is 12.2 Å². The average Bonchev–Trinajstić information content (AvgIpc) is 2.68. The van der Waals surface area contributed by atoms with Gasteiger partial charge in [-0.15, -0.1) is 10.2 Å². The van der Waals surface area contributed by atoms with Crippen LogP contribution in [0.1, 0.15) is 28.5 Å². The summed E-state index contributed by atoms with van der Waals surface area (Å²) in [4.78, 5) is 16.3. The van der Waals surface area contributed by atoms with Gasteiger partial charge in [-0.1, -0.05) is 35.9 Å². The number of carbonyl (C=O) groups excluding carboxylic acids is 1. The molecule has 0 fully saturated rings. The van der Waals surface area contributed by atoms with Gasteiger partial charge in [-0.2, -0.15) is 18.2 Å². The van der Waals surface area contributed by atoms with Gasteiger partial charge >= 0.3 is 12.1 Å². The van der Waals surface area contributed by atoms with Gasteiger partial charge in [0.2, 0.25) is 5.69 Å². The fraction of sp³-hybridized carbons (Fsp3) is 0.200. The first-order chi connectivity index (χ1) is 13.8. The lowest BCUT2D eigenvalue weighted by Gasteiger charge is -2.12. The molecule has 0 radical (unpaired) electrons. The second-order valence-corrected chi connectivity index (χ2v) is 6.00. The van der Waals surface area contributed by atoms with Crippen LogP contribution in [-0.4, -0.2) is 27.8 Å². The Balaban J connectivity index is 2.03. The molecule has 0 saturated heterocycles. The van der Waals surface area contributed by atoms with E-state index < -0.39 is 17.7 Å². The monoisotopic (exact) mass is 403 g/mol. The minimum Gasteiger partial charge on any atom is -0.461 e. The molecule has 29 heavy (non-hydrogen) atoms. The van der Waals surface area contributed by atoms with Crippen molar-refractivity contribution in [2.45, 2.75) is 20.0 Å². The number of benzene rings is 2. The third-order valence-corrected chi connectivity index (χ3v) is 3.81. The summed E-state index contributed by atoms with van der Waals surface area (Å²) in [7, 11) is 0. The number of nitrogens with zero attached hydrogens (tertiary/aromatic N) is 3. The first kappa shape index (κ1) is 20.2. The lowest BCUT2D eigenvalue weighted by Crippen LogP contribution is -2.12. The van der Waals surface area contributed by atoms with Crippen molar-refractivity contribution in [2.75, 3.05) is 6.61 Å². The molecule has 0 saturated carbocycles. The molecule has 0 unspecified atom stereocenters. The Kier molecular flexibility index (Phi) is 5.76. The highest BCUT2D eigenvalue weighted by molar-refractivity contribution is 5.89. The standard InChI is InChI=1S/C20H16F3N3O3/c1-3-28-19(27)16-18(29-15-6-4-5-14(11-15)20(21,22)23)24-17(26-25-16)13-9-7-12(2)8-10-13/h4-11H,3H2,1-2H3. The van der Waals surface area contributed by atoms with E-state index in [0.717, 1.165) is 17.7 Å². The fourth-order valence-electron chi connectivity index (χ4n) is 2.38. The number of ether oxygens (including phenoxy) is 2. The summed E-state index contributed by atoms with van der Waals surface area (Å²) in [5.41, 5.74) is 0.395. The molecule has 0 N–H and O–H groups in total. The zero-order valence-electron chi connectivity index (χ0n) is 15.5. The molecule has 150 valence electrons. The number of hydrogen-bond donors (Lipinski definition) is 0. The highest BCUT2D eigenvalue weighted by atomic mass is 19.4. The van der Waals surface area contributed by atoms with E-state index in [2.05, 4.69) is 15.2 Å². The summed E-state index contributed by atoms with van der Waals surface area (Å²) in [6, 6.07) is 11.4. The summed E-state index contributed by atoms with van der Waals surface area (Å²) in [5.74, 6) is -1.14. The van der Waals surface area contributed by atoms with Gasteiger partial charge < -0.3 is 9.47 Å². The summed E-state index contributed by atoms with van der Waals surface area (Å²) in [6.07, 6.45) is -4.54. The number of alkyl halides is 3. The first-order valence-corrected chi connectivity index (χ1v) is 8.62. The Hall–Kier alpha value is -3.49. The van der Waals surface area contributed by atoms with E-state index in [4.69, 9.17) is 9.47 Å². The van der Waals surface area contributed by atoms with Crippen LogP contribution in [0.5, 0.6) is 11.6 Å². The van der Waals surface area contributed by atoms with Crippen molar-refractivity contribution in [3.8, 4) is 23.0 Å². The third-order valence-electron chi connectivity index (χ3n) is 3.81. The number of esters is 1. The molecule has 9 heteroatoms. The van der Waals surface area contributed by atoms with Gasteiger partial charge in [0, 0.05) is 5.56 Å². The van der Waals surface area contributed by atoms with Gasteiger partial charge in [-0.25, -0.2) is 4.79 Å². The quantitative estimate of drug-likeness (QED) is 0.568. The Bertz CT molecular complexity index is 1020. The van der Waals surface area contributed by atoms with E-state index in [1.807, 2.05) is 19.1 Å². The molecule has 0 spiro atoms. The Morgan fingerprint density at radius 1 is 1.07 bits per heavy atom. The molecule has 3 aromatic rings. The van der Waals surface area contributed by atoms with E-state index in [-0.39, 0.29) is 29.8 Å². The second kappa shape index (κ2) is 8.26. The van der Waals surface area contributed by atoms with E-state index in [1.165, 1.54) is 12.1 Å². The number of aryl methyl sites for hydroxylation is 1. The molecule has 0 aliphatic heterocycles. The summed E-state index contributed by atoms with van der Waals surface area (Å²) >= 11 is 0. The molecule has 0 amide bonds. The van der Waals surface area contributed by atoms with Crippen LogP contribution < -0.4 is 4.74 Å². The molecule has 0 atom stereocenters. The Morgan fingerprint density at radius 2 is 1.79 bits per heavy atom. The van der Waals surface area contributed by atoms with Crippen LogP contribution in [0.15, 0.2) is 48.5 Å². The van der Waals surface area contributed by atoms with Crippen LogP contribution in [0.3, 0.4) is 0 Å². The van der Waals surface area contributed by atoms with Gasteiger partial charge in [-0.05, 0) is 32.0 Å². The normalized spacial score (nSPS) is 11.2. The van der Waals surface area contributed by atoms with Crippen molar-refractivity contribution in [3.63, 3.8) is 0 Å². The maximum Gasteiger partial charge on any atom is 0.416 e. The van der Waals surface area contributed by atoms with E-state index >= 15 is 0 Å². The van der Waals surface area contributed by atoms with Crippen LogP contribution >= 0.6 is 0 Å². The largest absolute Gasteiger partial charge is 0.461 e. The van der Waals surface area contributed by atoms with Crippen molar-refractivity contribution in [3.05, 3.63) is 65.4 Å². The molecule has 0 aliphatic rings. The molecule has 6 nitrogen and oxygen atoms in total. The fourth-order valence-corrected chi connectivity index (χ4v) is 2.38. The lowest BCUT2D eigenvalue weighted by atomic mass is 10.1. The summed E-state index contributed by atoms with van der Waals surface area (Å²) < 4.78 is 49.3. The van der Waals surface area contributed by atoms with Crippen LogP contribution in [-0.2, 0) is 10.9 Å². The topological polar surface area (TPSA) is 74.2 Å². The number of hydrogen-bond acceptors (Lipinski definition) is 6. The number of carbonyl (C=O) groups is 1. The lowest BCUT2D eigenvalue weighted by molar-refractivity contribution is -0.137. The predicted molar refractivity (Wildman–Crippen MR) is 97.5 cm³/mol. The number of rotatable bonds is 5. The van der Waals surface area contributed by atoms with E-state index in [9.17, 15) is 18.0 Å². The molecule has 3 rings (SSSR count). The van der Waals surface area contributed by atoms with Crippen molar-refractivity contribution >= 4 is 5.97 Å². The number of aromatic nitrogens is 3. The van der Waals surface area contributed by atoms with Crippen molar-refractivity contribution in [2.24, 2.45) is 0 Å². The SMILES string of the molecule is CCOC(=O)c1nnc(-c2ccc(C)cc2)nc1Oc1cccc(C(F)(F)F)c1. The van der Waals surface area contributed by atoms with E-state index in [0.29, 0.717) is 5.56 Å². The zero-order valence-corrected chi connectivity index (χ0v) is 15.5. The van der Waals surface area contributed by atoms with Gasteiger partial charge in [0.25, 0.3) is 5.88 Å². The first-order valence-electron chi connectivity index (χ1n) is 8.62. The van der Waals surface area contributed by atoms with Crippen molar-refractivity contribution < 1.29 is 27.4 Å². The van der Waals surface area contributed by atoms with E-state index in [1.54, 1.807) is 19.1 Å². The highest BCUT2D eigenvalue weighted by Gasteiger charge is 2.31. The maximum absolute atomic E-state index is 13.0. The minimum absolute atomic E-state index is 0.0726. The zero-order chi connectivity index (χ0) is 21.0. The van der Waals surface area contributed by atoms with Crippen molar-refractivity contribution in [1.29, 1.82) is 0 Å². The maximum atomic E-state index is 13.0. The molecule has 1 aromatic heterocycles. The Morgan fingerprint density at radius 3 is 2.45 bits per heavy atom. The van der Waals surface area contributed by atoms with Crippen LogP contribution in [0.2, 0.25) is 0 Å². The van der Waals surface area contributed by atoms with Crippen LogP contribution in [0, 0.1) is 6.92 Å². The Labute approximate surface area is 164 Å². The van der Waals surface area contributed by atoms with Crippen LogP contribution in [0.4, 0.5) is 13.2 Å². The summed E-state index contributed by atoms with van der Waals surface area (Å²) in [6.45, 7) is 3.59. The van der Waals surface area contributed by atoms with Gasteiger partial charge in [0.15, 0.2) is 5.82 Å². The van der Waals surface area contributed by atoms with Crippen LogP contribution in [0.25, 0.3) is 11.4 Å². The smallest absolute Gasteiger partial charge is 0.416 e. The molecular weight excluding hydrogens is 387 g/mol. The summed E-state index contributed by atoms with van der Waals surface area (Å²) in [5, 5.41) is 7.75. The highest BCUT2D eigenvalue weighted by Crippen LogP contribution is 2.33. The van der Waals surface area contributed by atoms with Gasteiger partial charge in [-0.3, -0.25) is 0 Å². The molecule has 0 bridgehead atoms. The third kappa shape index (κ3) is 4.87. The molecule has 2 aromatic carbocycles. The molecular formula is C20H16F3N3O3. The second-order valence-electron chi connectivity index (χ2n) is 6.00. The van der Waals surface area contributed by atoms with Crippen molar-refractivity contribution in [1.82, 2.24) is 15.2 Å². The molecule has 1 heterocycles.